The van der Waals surface area contributed by atoms with Gasteiger partial charge in [0.25, 0.3) is 5.69 Å². The molecule has 0 spiro atoms. The minimum atomic E-state index is -3.31. The van der Waals surface area contributed by atoms with Gasteiger partial charge in [-0.05, 0) is 36.4 Å². The molecule has 0 N–H and O–H groups in total. The lowest BCUT2D eigenvalue weighted by Crippen LogP contribution is -2.37. The summed E-state index contributed by atoms with van der Waals surface area (Å²) in [5.41, 5.74) is 0.902. The first kappa shape index (κ1) is 18.2. The van der Waals surface area contributed by atoms with E-state index >= 15 is 0 Å². The number of ether oxygens (including phenoxy) is 1. The molecule has 28 heavy (non-hydrogen) atoms. The van der Waals surface area contributed by atoms with E-state index < -0.39 is 26.8 Å². The minimum Gasteiger partial charge on any atom is -0.497 e. The largest absolute Gasteiger partial charge is 0.497 e. The SMILES string of the molecule is COc1ccc(N2C(=O)N(c3ccc([N+](=O)[O-])cc3)[C@H]3CS(=O)(=O)C[C@@H]32)cc1. The maximum absolute atomic E-state index is 13.2. The molecule has 2 saturated heterocycles. The summed E-state index contributed by atoms with van der Waals surface area (Å²) in [7, 11) is -1.78. The molecule has 2 aliphatic heterocycles. The molecule has 2 fully saturated rings. The zero-order valence-corrected chi connectivity index (χ0v) is 15.7. The van der Waals surface area contributed by atoms with Gasteiger partial charge in [0.05, 0.1) is 35.6 Å². The molecule has 10 heteroatoms. The van der Waals surface area contributed by atoms with Crippen LogP contribution >= 0.6 is 0 Å². The molecule has 0 aromatic heterocycles. The third-order valence-electron chi connectivity index (χ3n) is 5.06. The van der Waals surface area contributed by atoms with E-state index in [0.717, 1.165) is 0 Å². The van der Waals surface area contributed by atoms with Crippen molar-refractivity contribution >= 4 is 32.9 Å². The standard InChI is InChI=1S/C18H17N3O6S/c1-27-15-8-6-13(7-9-15)20-17-11-28(25,26)10-16(17)19(18(20)22)12-2-4-14(5-3-12)21(23)24/h2-9,16-17H,10-11H2,1H3/t16-,17-/m0/s1. The second-order valence-corrected chi connectivity index (χ2v) is 8.86. The summed E-state index contributed by atoms with van der Waals surface area (Å²) in [6.45, 7) is 0. The van der Waals surface area contributed by atoms with Crippen molar-refractivity contribution in [2.45, 2.75) is 12.1 Å². The Hall–Kier alpha value is -3.14. The van der Waals surface area contributed by atoms with Crippen LogP contribution in [0, 0.1) is 10.1 Å². The number of sulfone groups is 1. The molecule has 2 atom stereocenters. The number of fused-ring (bicyclic) bond motifs is 1. The van der Waals surface area contributed by atoms with Crippen LogP contribution in [0.4, 0.5) is 21.9 Å². The van der Waals surface area contributed by atoms with E-state index in [1.807, 2.05) is 0 Å². The molecule has 0 saturated carbocycles. The van der Waals surface area contributed by atoms with Crippen molar-refractivity contribution in [1.29, 1.82) is 0 Å². The van der Waals surface area contributed by atoms with Crippen LogP contribution < -0.4 is 14.5 Å². The number of non-ortho nitro benzene ring substituents is 1. The van der Waals surface area contributed by atoms with Gasteiger partial charge in [-0.25, -0.2) is 13.2 Å². The molecule has 2 aliphatic rings. The monoisotopic (exact) mass is 403 g/mol. The fourth-order valence-electron chi connectivity index (χ4n) is 3.79. The van der Waals surface area contributed by atoms with Crippen molar-refractivity contribution < 1.29 is 22.9 Å². The zero-order valence-electron chi connectivity index (χ0n) is 14.9. The number of benzene rings is 2. The first-order valence-corrected chi connectivity index (χ1v) is 10.3. The van der Waals surface area contributed by atoms with Gasteiger partial charge in [0, 0.05) is 23.5 Å². The highest BCUT2D eigenvalue weighted by atomic mass is 32.2. The Balaban J connectivity index is 1.74. The number of carbonyl (C=O) groups is 1. The number of hydrogen-bond acceptors (Lipinski definition) is 6. The number of methoxy groups -OCH3 is 1. The number of nitro benzene ring substituents is 1. The third-order valence-corrected chi connectivity index (χ3v) is 6.76. The van der Waals surface area contributed by atoms with Crippen molar-refractivity contribution in [2.75, 3.05) is 28.4 Å². The first-order valence-electron chi connectivity index (χ1n) is 8.52. The van der Waals surface area contributed by atoms with Crippen LogP contribution in [0.5, 0.6) is 5.75 Å². The van der Waals surface area contributed by atoms with Gasteiger partial charge in [-0.15, -0.1) is 0 Å². The van der Waals surface area contributed by atoms with Gasteiger partial charge in [0.2, 0.25) is 0 Å². The van der Waals surface area contributed by atoms with Gasteiger partial charge >= 0.3 is 6.03 Å². The normalized spacial score (nSPS) is 23.0. The number of hydrogen-bond donors (Lipinski definition) is 0. The molecule has 2 aromatic carbocycles. The van der Waals surface area contributed by atoms with Crippen molar-refractivity contribution in [3.05, 3.63) is 58.6 Å². The fourth-order valence-corrected chi connectivity index (χ4v) is 5.70. The Morgan fingerprint density at radius 1 is 0.964 bits per heavy atom. The van der Waals surface area contributed by atoms with E-state index in [1.165, 1.54) is 41.2 Å². The summed E-state index contributed by atoms with van der Waals surface area (Å²) in [5, 5.41) is 10.9. The van der Waals surface area contributed by atoms with E-state index in [-0.39, 0.29) is 23.2 Å². The zero-order chi connectivity index (χ0) is 20.1. The van der Waals surface area contributed by atoms with Crippen molar-refractivity contribution in [2.24, 2.45) is 0 Å². The second-order valence-electron chi connectivity index (χ2n) is 6.71. The smallest absolute Gasteiger partial charge is 0.329 e. The highest BCUT2D eigenvalue weighted by Gasteiger charge is 2.54. The lowest BCUT2D eigenvalue weighted by Gasteiger charge is -2.22. The molecular formula is C18H17N3O6S. The van der Waals surface area contributed by atoms with Crippen LogP contribution in [0.15, 0.2) is 48.5 Å². The predicted octanol–water partition coefficient (Wildman–Crippen LogP) is 2.22. The summed E-state index contributed by atoms with van der Waals surface area (Å²) < 4.78 is 29.7. The van der Waals surface area contributed by atoms with Crippen LogP contribution in [0.1, 0.15) is 0 Å². The Labute approximate surface area is 161 Å². The predicted molar refractivity (Wildman–Crippen MR) is 103 cm³/mol. The lowest BCUT2D eigenvalue weighted by molar-refractivity contribution is -0.384. The van der Waals surface area contributed by atoms with E-state index in [9.17, 15) is 23.3 Å². The Morgan fingerprint density at radius 2 is 1.43 bits per heavy atom. The summed E-state index contributed by atoms with van der Waals surface area (Å²) in [4.78, 5) is 26.5. The number of nitrogens with zero attached hydrogens (tertiary/aromatic N) is 3. The van der Waals surface area contributed by atoms with Gasteiger partial charge in [-0.2, -0.15) is 0 Å². The molecule has 2 heterocycles. The van der Waals surface area contributed by atoms with Crippen molar-refractivity contribution in [1.82, 2.24) is 0 Å². The Morgan fingerprint density at radius 3 is 1.86 bits per heavy atom. The van der Waals surface area contributed by atoms with Gasteiger partial charge in [-0.1, -0.05) is 0 Å². The van der Waals surface area contributed by atoms with Gasteiger partial charge < -0.3 is 4.74 Å². The number of urea groups is 1. The molecule has 9 nitrogen and oxygen atoms in total. The highest BCUT2D eigenvalue weighted by Crippen LogP contribution is 2.38. The average molecular weight is 403 g/mol. The fraction of sp³-hybridized carbons (Fsp3) is 0.278. The quantitative estimate of drug-likeness (QED) is 0.440. The molecule has 0 unspecified atom stereocenters. The molecule has 0 bridgehead atoms. The van der Waals surface area contributed by atoms with E-state index in [1.54, 1.807) is 24.3 Å². The van der Waals surface area contributed by atoms with Gasteiger partial charge in [-0.3, -0.25) is 19.9 Å². The summed E-state index contributed by atoms with van der Waals surface area (Å²) in [5.74, 6) is 0.351. The van der Waals surface area contributed by atoms with E-state index in [0.29, 0.717) is 17.1 Å². The first-order chi connectivity index (χ1) is 13.3. The minimum absolute atomic E-state index is 0.0991. The van der Waals surface area contributed by atoms with Crippen LogP contribution in [0.3, 0.4) is 0 Å². The van der Waals surface area contributed by atoms with Crippen LogP contribution in [-0.4, -0.2) is 50.1 Å². The number of amides is 2. The third kappa shape index (κ3) is 2.95. The Kier molecular flexibility index (Phi) is 4.22. The number of rotatable bonds is 4. The van der Waals surface area contributed by atoms with Crippen molar-refractivity contribution in [3.8, 4) is 5.75 Å². The maximum atomic E-state index is 13.2. The molecule has 0 aliphatic carbocycles. The maximum Gasteiger partial charge on any atom is 0.329 e. The second kappa shape index (κ2) is 6.48. The van der Waals surface area contributed by atoms with E-state index in [2.05, 4.69) is 0 Å². The number of nitro groups is 1. The topological polar surface area (TPSA) is 110 Å². The highest BCUT2D eigenvalue weighted by molar-refractivity contribution is 7.91. The number of anilines is 2. The van der Waals surface area contributed by atoms with Crippen molar-refractivity contribution in [3.63, 3.8) is 0 Å². The molecule has 2 amide bonds. The van der Waals surface area contributed by atoms with Gasteiger partial charge in [0.15, 0.2) is 9.84 Å². The van der Waals surface area contributed by atoms with Crippen LogP contribution in [-0.2, 0) is 9.84 Å². The van der Waals surface area contributed by atoms with E-state index in [4.69, 9.17) is 4.74 Å². The van der Waals surface area contributed by atoms with Gasteiger partial charge in [0.1, 0.15) is 5.75 Å². The van der Waals surface area contributed by atoms with Crippen LogP contribution in [0.25, 0.3) is 0 Å². The molecule has 0 radical (unpaired) electrons. The summed E-state index contributed by atoms with van der Waals surface area (Å²) in [6.07, 6.45) is 0. The molecular weight excluding hydrogens is 386 g/mol. The molecule has 4 rings (SSSR count). The lowest BCUT2D eigenvalue weighted by atomic mass is 10.1. The molecule has 2 aromatic rings. The van der Waals surface area contributed by atoms with Crippen LogP contribution in [0.2, 0.25) is 0 Å². The summed E-state index contributed by atoms with van der Waals surface area (Å²) in [6, 6.07) is 10.9. The molecule has 146 valence electrons. The Bertz CT molecular complexity index is 1040. The number of carbonyl (C=O) groups excluding carboxylic acids is 1. The average Bonchev–Trinajstić information content (AvgIpc) is 3.10. The summed E-state index contributed by atoms with van der Waals surface area (Å²) >= 11 is 0.